The summed E-state index contributed by atoms with van der Waals surface area (Å²) < 4.78 is 16.2. The number of carboxylic acids is 1. The highest BCUT2D eigenvalue weighted by molar-refractivity contribution is 6.02. The summed E-state index contributed by atoms with van der Waals surface area (Å²) in [7, 11) is 0. The van der Waals surface area contributed by atoms with Crippen LogP contribution in [0, 0.1) is 0 Å². The van der Waals surface area contributed by atoms with Crippen LogP contribution in [0.4, 0.5) is 0 Å². The van der Waals surface area contributed by atoms with Crippen molar-refractivity contribution in [1.29, 1.82) is 0 Å². The van der Waals surface area contributed by atoms with Gasteiger partial charge >= 0.3 is 11.9 Å². The van der Waals surface area contributed by atoms with Gasteiger partial charge in [0.2, 0.25) is 0 Å². The number of carbonyl (C=O) groups is 2. The molecule has 0 aromatic heterocycles. The molecule has 34 heavy (non-hydrogen) atoms. The number of hydrogen-bond donors (Lipinski definition) is 9. The van der Waals surface area contributed by atoms with Gasteiger partial charge in [0.1, 0.15) is 36.6 Å². The number of ether oxygens (including phenoxy) is 3. The predicted octanol–water partition coefficient (Wildman–Crippen LogP) is -4.44. The van der Waals surface area contributed by atoms with Gasteiger partial charge in [0, 0.05) is 0 Å². The van der Waals surface area contributed by atoms with E-state index in [1.807, 2.05) is 0 Å². The number of aromatic carboxylic acids is 1. The maximum atomic E-state index is 13.1. The highest BCUT2D eigenvalue weighted by atomic mass is 16.8. The fraction of sp³-hybridized carbons (Fsp3) is 0.600. The Balaban J connectivity index is 2.20. The topological polar surface area (TPSA) is 244 Å². The molecule has 9 N–H and O–H groups in total. The summed E-state index contributed by atoms with van der Waals surface area (Å²) in [4.78, 5) is 24.7. The van der Waals surface area contributed by atoms with Gasteiger partial charge in [0.05, 0.1) is 30.9 Å². The van der Waals surface area contributed by atoms with E-state index in [0.29, 0.717) is 0 Å². The number of aliphatic hydroxyl groups excluding tert-OH is 8. The van der Waals surface area contributed by atoms with Crippen LogP contribution < -0.4 is 0 Å². The first-order valence-electron chi connectivity index (χ1n) is 10.2. The van der Waals surface area contributed by atoms with Gasteiger partial charge in [-0.1, -0.05) is 12.1 Å². The number of rotatable bonds is 7. The first-order chi connectivity index (χ1) is 16.0. The maximum Gasteiger partial charge on any atom is 0.341 e. The number of carbonyl (C=O) groups excluding carboxylic acids is 1. The molecule has 1 aromatic rings. The van der Waals surface area contributed by atoms with Crippen molar-refractivity contribution in [3.05, 3.63) is 35.4 Å². The maximum absolute atomic E-state index is 13.1. The fourth-order valence-corrected chi connectivity index (χ4v) is 4.27. The first-order valence-corrected chi connectivity index (χ1v) is 10.2. The van der Waals surface area contributed by atoms with Crippen molar-refractivity contribution in [1.82, 2.24) is 0 Å². The lowest BCUT2D eigenvalue weighted by molar-refractivity contribution is -0.411. The summed E-state index contributed by atoms with van der Waals surface area (Å²) in [6.07, 6.45) is -14.1. The average Bonchev–Trinajstić information content (AvgIpc) is 3.10. The number of hydrogen-bond acceptors (Lipinski definition) is 13. The Bertz CT molecular complexity index is 907. The number of aliphatic hydroxyl groups is 8. The monoisotopic (exact) mass is 490 g/mol. The molecule has 14 nitrogen and oxygen atoms in total. The second kappa shape index (κ2) is 9.79. The molecule has 2 heterocycles. The van der Waals surface area contributed by atoms with Gasteiger partial charge in [0.25, 0.3) is 5.79 Å². The molecule has 2 aliphatic rings. The molecule has 14 heteroatoms. The van der Waals surface area contributed by atoms with Crippen LogP contribution in [0.1, 0.15) is 20.7 Å². The Morgan fingerprint density at radius 2 is 1.38 bits per heavy atom. The molecule has 0 spiro atoms. The molecular weight excluding hydrogens is 464 g/mol. The third kappa shape index (κ3) is 3.87. The van der Waals surface area contributed by atoms with Crippen molar-refractivity contribution in [3.63, 3.8) is 0 Å². The highest BCUT2D eigenvalue weighted by Crippen LogP contribution is 2.48. The largest absolute Gasteiger partial charge is 0.478 e. The summed E-state index contributed by atoms with van der Waals surface area (Å²) in [5, 5.41) is 91.3. The van der Waals surface area contributed by atoms with E-state index >= 15 is 0 Å². The van der Waals surface area contributed by atoms with Crippen molar-refractivity contribution < 1.29 is 69.8 Å². The second-order valence-corrected chi connectivity index (χ2v) is 7.99. The van der Waals surface area contributed by atoms with Crippen LogP contribution in [0.15, 0.2) is 24.3 Å². The molecule has 2 fully saturated rings. The zero-order valence-electron chi connectivity index (χ0n) is 17.5. The molecule has 2 saturated heterocycles. The molecule has 0 saturated carbocycles. The number of benzene rings is 1. The number of esters is 1. The highest BCUT2D eigenvalue weighted by Gasteiger charge is 2.74. The van der Waals surface area contributed by atoms with Crippen molar-refractivity contribution >= 4 is 11.9 Å². The van der Waals surface area contributed by atoms with E-state index in [1.165, 1.54) is 12.1 Å². The third-order valence-electron chi connectivity index (χ3n) is 6.12. The summed E-state index contributed by atoms with van der Waals surface area (Å²) in [5.41, 5.74) is -3.88. The average molecular weight is 490 g/mol. The minimum atomic E-state index is -3.12. The minimum Gasteiger partial charge on any atom is -0.478 e. The Kier molecular flexibility index (Phi) is 7.59. The lowest BCUT2D eigenvalue weighted by atomic mass is 9.78. The summed E-state index contributed by atoms with van der Waals surface area (Å²) >= 11 is 0. The second-order valence-electron chi connectivity index (χ2n) is 7.99. The zero-order valence-corrected chi connectivity index (χ0v) is 17.5. The van der Waals surface area contributed by atoms with Gasteiger partial charge in [-0.25, -0.2) is 9.59 Å². The van der Waals surface area contributed by atoms with Crippen LogP contribution >= 0.6 is 0 Å². The molecule has 0 unspecified atom stereocenters. The summed E-state index contributed by atoms with van der Waals surface area (Å²) in [6.45, 7) is -3.26. The standard InChI is InChI=1S/C20H26O14/c21-5-10-12(24)14(26)16(28)20(33-10,19(7-23)15(27)13(25)11(6-22)32-19)34-18(31)9-4-2-1-3-8(9)17(29)30/h1-4,10-16,21-28H,5-7H2,(H,29,30)/t10-,11-,12-,13-,14+,15+,16-,19+,20+/m1/s1. The van der Waals surface area contributed by atoms with Gasteiger partial charge in [0.15, 0.2) is 11.7 Å². The van der Waals surface area contributed by atoms with E-state index in [-0.39, 0.29) is 0 Å². The minimum absolute atomic E-state index is 0.536. The number of carboxylic acid groups (broad SMARTS) is 1. The molecular formula is C20H26O14. The van der Waals surface area contributed by atoms with E-state index < -0.39 is 97.0 Å². The van der Waals surface area contributed by atoms with Crippen molar-refractivity contribution in [2.24, 2.45) is 0 Å². The van der Waals surface area contributed by atoms with Crippen LogP contribution in [0.2, 0.25) is 0 Å². The van der Waals surface area contributed by atoms with Crippen molar-refractivity contribution in [2.75, 3.05) is 19.8 Å². The van der Waals surface area contributed by atoms with Crippen LogP contribution in [-0.2, 0) is 14.2 Å². The van der Waals surface area contributed by atoms with E-state index in [0.717, 1.165) is 12.1 Å². The summed E-state index contributed by atoms with van der Waals surface area (Å²) in [6, 6.07) is 4.71. The summed E-state index contributed by atoms with van der Waals surface area (Å²) in [5.74, 6) is -6.14. The molecule has 0 radical (unpaired) electrons. The first kappa shape index (κ1) is 26.4. The van der Waals surface area contributed by atoms with Crippen LogP contribution in [0.25, 0.3) is 0 Å². The van der Waals surface area contributed by atoms with Crippen LogP contribution in [0.5, 0.6) is 0 Å². The Labute approximate surface area is 191 Å². The lowest BCUT2D eigenvalue weighted by Gasteiger charge is -2.54. The lowest BCUT2D eigenvalue weighted by Crippen LogP contribution is -2.78. The Hall–Kier alpha value is -2.24. The third-order valence-corrected chi connectivity index (χ3v) is 6.12. The molecule has 190 valence electrons. The molecule has 0 bridgehead atoms. The van der Waals surface area contributed by atoms with Gasteiger partial charge < -0.3 is 60.2 Å². The van der Waals surface area contributed by atoms with E-state index in [1.54, 1.807) is 0 Å². The quantitative estimate of drug-likeness (QED) is 0.164. The van der Waals surface area contributed by atoms with E-state index in [9.17, 15) is 55.5 Å². The molecule has 3 rings (SSSR count). The van der Waals surface area contributed by atoms with Crippen molar-refractivity contribution in [3.8, 4) is 0 Å². The molecule has 9 atom stereocenters. The van der Waals surface area contributed by atoms with Crippen LogP contribution in [0.3, 0.4) is 0 Å². The van der Waals surface area contributed by atoms with Gasteiger partial charge in [-0.15, -0.1) is 0 Å². The Morgan fingerprint density at radius 3 is 1.88 bits per heavy atom. The molecule has 1 aromatic carbocycles. The predicted molar refractivity (Wildman–Crippen MR) is 105 cm³/mol. The molecule has 0 amide bonds. The SMILES string of the molecule is O=C(O)c1ccccc1C(=O)O[C@@]1([C@@]2(CO)O[C@H](CO)[C@@H](O)[C@@H]2O)O[C@H](CO)[C@@H](O)[C@H](O)[C@H]1O. The van der Waals surface area contributed by atoms with Gasteiger partial charge in [-0.2, -0.15) is 0 Å². The van der Waals surface area contributed by atoms with Gasteiger partial charge in [-0.05, 0) is 12.1 Å². The normalized spacial score (nSPS) is 40.2. The molecule has 0 aliphatic carbocycles. The molecule has 2 aliphatic heterocycles. The van der Waals surface area contributed by atoms with E-state index in [4.69, 9.17) is 14.2 Å². The zero-order chi connectivity index (χ0) is 25.4. The smallest absolute Gasteiger partial charge is 0.341 e. The van der Waals surface area contributed by atoms with Crippen LogP contribution in [-0.4, -0.2) is 132 Å². The van der Waals surface area contributed by atoms with Crippen molar-refractivity contribution in [2.45, 2.75) is 54.1 Å². The fourth-order valence-electron chi connectivity index (χ4n) is 4.27. The van der Waals surface area contributed by atoms with Gasteiger partial charge in [-0.3, -0.25) is 0 Å². The van der Waals surface area contributed by atoms with E-state index in [2.05, 4.69) is 0 Å². The Morgan fingerprint density at radius 1 is 0.824 bits per heavy atom.